The summed E-state index contributed by atoms with van der Waals surface area (Å²) in [5.74, 6) is 0.620. The van der Waals surface area contributed by atoms with Gasteiger partial charge in [0, 0.05) is 23.1 Å². The lowest BCUT2D eigenvalue weighted by Crippen LogP contribution is -2.15. The van der Waals surface area contributed by atoms with Crippen LogP contribution in [-0.4, -0.2) is 23.8 Å². The third kappa shape index (κ3) is 3.55. The molecule has 2 heterocycles. The first-order valence-electron chi connectivity index (χ1n) is 7.37. The van der Waals surface area contributed by atoms with Crippen LogP contribution in [0.5, 0.6) is 5.75 Å². The number of ether oxygens (including phenoxy) is 1. The molecule has 0 saturated carbocycles. The molecule has 0 aliphatic carbocycles. The smallest absolute Gasteiger partial charge is 0.281 e. The van der Waals surface area contributed by atoms with Gasteiger partial charge in [0.25, 0.3) is 5.91 Å². The molecule has 0 spiro atoms. The van der Waals surface area contributed by atoms with E-state index in [4.69, 9.17) is 4.74 Å². The Balaban J connectivity index is 1.71. The Morgan fingerprint density at radius 2 is 2.08 bits per heavy atom. The molecule has 0 bridgehead atoms. The molecule has 0 aliphatic heterocycles. The van der Waals surface area contributed by atoms with E-state index in [1.165, 1.54) is 11.3 Å². The number of nitrogens with zero attached hydrogens (tertiary/aromatic N) is 2. The fraction of sp³-hybridized carbons (Fsp3) is 0.111. The van der Waals surface area contributed by atoms with E-state index in [9.17, 15) is 4.79 Å². The lowest BCUT2D eigenvalue weighted by molar-refractivity contribution is 0.0959. The Kier molecular flexibility index (Phi) is 4.77. The van der Waals surface area contributed by atoms with Gasteiger partial charge in [-0.2, -0.15) is 5.10 Å². The van der Waals surface area contributed by atoms with Crippen molar-refractivity contribution in [2.24, 2.45) is 5.10 Å². The highest BCUT2D eigenvalue weighted by atomic mass is 32.1. The number of hydrazone groups is 1. The number of hydrogen-bond acceptors (Lipinski definition) is 4. The Morgan fingerprint density at radius 1 is 1.29 bits per heavy atom. The van der Waals surface area contributed by atoms with Crippen LogP contribution in [-0.2, 0) is 0 Å². The van der Waals surface area contributed by atoms with Crippen LogP contribution in [0.2, 0.25) is 0 Å². The van der Waals surface area contributed by atoms with Gasteiger partial charge >= 0.3 is 0 Å². The highest BCUT2D eigenvalue weighted by molar-refractivity contribution is 7.12. The van der Waals surface area contributed by atoms with Crippen LogP contribution in [0.3, 0.4) is 0 Å². The Morgan fingerprint density at radius 3 is 2.75 bits per heavy atom. The summed E-state index contributed by atoms with van der Waals surface area (Å²) in [4.78, 5) is 12.5. The van der Waals surface area contributed by atoms with E-state index in [-0.39, 0.29) is 5.91 Å². The Labute approximate surface area is 144 Å². The highest BCUT2D eigenvalue weighted by Gasteiger charge is 2.05. The van der Waals surface area contributed by atoms with Gasteiger partial charge in [-0.3, -0.25) is 4.79 Å². The number of benzene rings is 1. The predicted octanol–water partition coefficient (Wildman–Crippen LogP) is 3.62. The van der Waals surface area contributed by atoms with Crippen molar-refractivity contribution in [3.8, 4) is 11.4 Å². The molecule has 0 radical (unpaired) electrons. The standard InChI is InChI=1S/C18H17N3O2S/c1-13-10-14(11-19-20-18(22)17-4-3-9-24-17)12-21(13)15-5-7-16(23-2)8-6-15/h3-12H,1-2H3,(H,20,22)/b19-11+. The van der Waals surface area contributed by atoms with Crippen molar-refractivity contribution in [3.63, 3.8) is 0 Å². The monoisotopic (exact) mass is 339 g/mol. The maximum Gasteiger partial charge on any atom is 0.281 e. The molecule has 6 heteroatoms. The first kappa shape index (κ1) is 16.0. The Bertz CT molecular complexity index is 849. The number of aryl methyl sites for hydroxylation is 1. The molecule has 0 aliphatic rings. The van der Waals surface area contributed by atoms with Gasteiger partial charge in [0.05, 0.1) is 18.2 Å². The maximum atomic E-state index is 11.8. The number of nitrogens with one attached hydrogen (secondary N) is 1. The molecule has 0 atom stereocenters. The SMILES string of the molecule is COc1ccc(-n2cc(/C=N/NC(=O)c3cccs3)cc2C)cc1. The number of carbonyl (C=O) groups excluding carboxylic acids is 1. The molecule has 0 unspecified atom stereocenters. The van der Waals surface area contributed by atoms with Crippen molar-refractivity contribution >= 4 is 23.5 Å². The average Bonchev–Trinajstić information content (AvgIpc) is 3.25. The van der Waals surface area contributed by atoms with E-state index in [0.29, 0.717) is 4.88 Å². The number of rotatable bonds is 5. The van der Waals surface area contributed by atoms with Crippen LogP contribution in [0.15, 0.2) is 59.1 Å². The number of carbonyl (C=O) groups is 1. The number of hydrogen-bond donors (Lipinski definition) is 1. The van der Waals surface area contributed by atoms with Crippen molar-refractivity contribution in [2.75, 3.05) is 7.11 Å². The molecular formula is C18H17N3O2S. The normalized spacial score (nSPS) is 10.9. The third-order valence-corrected chi connectivity index (χ3v) is 4.38. The van der Waals surface area contributed by atoms with Crippen molar-refractivity contribution in [1.82, 2.24) is 9.99 Å². The molecule has 1 amide bonds. The van der Waals surface area contributed by atoms with E-state index in [1.807, 2.05) is 54.9 Å². The van der Waals surface area contributed by atoms with Crippen LogP contribution < -0.4 is 10.2 Å². The van der Waals surface area contributed by atoms with Crippen molar-refractivity contribution in [1.29, 1.82) is 0 Å². The molecule has 0 fully saturated rings. The predicted molar refractivity (Wildman–Crippen MR) is 96.4 cm³/mol. The minimum Gasteiger partial charge on any atom is -0.497 e. The molecule has 2 aromatic heterocycles. The zero-order valence-electron chi connectivity index (χ0n) is 13.4. The molecule has 3 rings (SSSR count). The van der Waals surface area contributed by atoms with Crippen LogP contribution in [0.1, 0.15) is 20.9 Å². The van der Waals surface area contributed by atoms with Gasteiger partial charge in [0.15, 0.2) is 0 Å². The quantitative estimate of drug-likeness (QED) is 0.570. The van der Waals surface area contributed by atoms with Gasteiger partial charge < -0.3 is 9.30 Å². The first-order valence-corrected chi connectivity index (χ1v) is 8.25. The summed E-state index contributed by atoms with van der Waals surface area (Å²) in [7, 11) is 1.65. The fourth-order valence-electron chi connectivity index (χ4n) is 2.32. The van der Waals surface area contributed by atoms with E-state index in [0.717, 1.165) is 22.7 Å². The molecule has 1 N–H and O–H groups in total. The second-order valence-corrected chi connectivity index (χ2v) is 6.11. The maximum absolute atomic E-state index is 11.8. The van der Waals surface area contributed by atoms with Gasteiger partial charge in [-0.25, -0.2) is 5.43 Å². The fourth-order valence-corrected chi connectivity index (χ4v) is 2.93. The second kappa shape index (κ2) is 7.14. The summed E-state index contributed by atoms with van der Waals surface area (Å²) in [6.07, 6.45) is 3.61. The first-order chi connectivity index (χ1) is 11.7. The van der Waals surface area contributed by atoms with Crippen LogP contribution >= 0.6 is 11.3 Å². The topological polar surface area (TPSA) is 55.6 Å². The summed E-state index contributed by atoms with van der Waals surface area (Å²) in [5, 5.41) is 5.88. The number of amides is 1. The van der Waals surface area contributed by atoms with Crippen LogP contribution in [0.4, 0.5) is 0 Å². The largest absolute Gasteiger partial charge is 0.497 e. The van der Waals surface area contributed by atoms with Gasteiger partial charge in [0.2, 0.25) is 0 Å². The van der Waals surface area contributed by atoms with Gasteiger partial charge in [-0.1, -0.05) is 6.07 Å². The molecular weight excluding hydrogens is 322 g/mol. The summed E-state index contributed by atoms with van der Waals surface area (Å²) >= 11 is 1.38. The molecule has 5 nitrogen and oxygen atoms in total. The van der Waals surface area contributed by atoms with E-state index in [2.05, 4.69) is 15.1 Å². The minimum atomic E-state index is -0.201. The lowest BCUT2D eigenvalue weighted by Gasteiger charge is -2.06. The lowest BCUT2D eigenvalue weighted by atomic mass is 10.3. The van der Waals surface area contributed by atoms with Crippen LogP contribution in [0, 0.1) is 6.92 Å². The highest BCUT2D eigenvalue weighted by Crippen LogP contribution is 2.18. The summed E-state index contributed by atoms with van der Waals surface area (Å²) in [6.45, 7) is 2.02. The van der Waals surface area contributed by atoms with Crippen molar-refractivity contribution in [3.05, 3.63) is 70.2 Å². The molecule has 0 saturated heterocycles. The Hall–Kier alpha value is -2.86. The van der Waals surface area contributed by atoms with E-state index < -0.39 is 0 Å². The summed E-state index contributed by atoms with van der Waals surface area (Å²) in [6, 6.07) is 13.4. The van der Waals surface area contributed by atoms with Crippen LogP contribution in [0.25, 0.3) is 5.69 Å². The van der Waals surface area contributed by atoms with E-state index >= 15 is 0 Å². The number of methoxy groups -OCH3 is 1. The minimum absolute atomic E-state index is 0.201. The van der Waals surface area contributed by atoms with E-state index in [1.54, 1.807) is 19.4 Å². The molecule has 122 valence electrons. The summed E-state index contributed by atoms with van der Waals surface area (Å²) in [5.41, 5.74) is 5.56. The number of thiophene rings is 1. The van der Waals surface area contributed by atoms with Gasteiger partial charge in [-0.05, 0) is 48.7 Å². The third-order valence-electron chi connectivity index (χ3n) is 3.51. The molecule has 1 aromatic carbocycles. The zero-order valence-corrected chi connectivity index (χ0v) is 14.2. The van der Waals surface area contributed by atoms with Gasteiger partial charge in [-0.15, -0.1) is 11.3 Å². The zero-order chi connectivity index (χ0) is 16.9. The van der Waals surface area contributed by atoms with Crippen molar-refractivity contribution in [2.45, 2.75) is 6.92 Å². The average molecular weight is 339 g/mol. The van der Waals surface area contributed by atoms with Gasteiger partial charge in [0.1, 0.15) is 5.75 Å². The van der Waals surface area contributed by atoms with Crippen molar-refractivity contribution < 1.29 is 9.53 Å². The number of aromatic nitrogens is 1. The summed E-state index contributed by atoms with van der Waals surface area (Å²) < 4.78 is 7.23. The molecule has 3 aromatic rings. The second-order valence-electron chi connectivity index (χ2n) is 5.16. The molecule has 24 heavy (non-hydrogen) atoms.